The molecule has 200 valence electrons. The summed E-state index contributed by atoms with van der Waals surface area (Å²) in [5, 5.41) is 8.78. The van der Waals surface area contributed by atoms with Crippen molar-refractivity contribution in [3.63, 3.8) is 0 Å². The molecule has 0 radical (unpaired) electrons. The van der Waals surface area contributed by atoms with Crippen LogP contribution in [0.1, 0.15) is 51.9 Å². The smallest absolute Gasteiger partial charge is 0.229 e. The van der Waals surface area contributed by atoms with Crippen molar-refractivity contribution in [3.05, 3.63) is 54.6 Å². The van der Waals surface area contributed by atoms with Crippen molar-refractivity contribution < 1.29 is 13.9 Å². The number of nitrogens with one attached hydrogen (secondary N) is 3. The lowest BCUT2D eigenvalue weighted by atomic mass is 9.61. The van der Waals surface area contributed by atoms with Gasteiger partial charge in [-0.1, -0.05) is 19.4 Å². The molecule has 0 aliphatic heterocycles. The second-order valence-electron chi connectivity index (χ2n) is 10.4. The number of amides is 1. The maximum atomic E-state index is 14.4. The molecular weight excluding hydrogens is 485 g/mol. The Bertz CT molecular complexity index is 1270. The Morgan fingerprint density at radius 1 is 1.11 bits per heavy atom. The number of ether oxygens (including phenoxy) is 1. The van der Waals surface area contributed by atoms with Crippen LogP contribution in [-0.4, -0.2) is 33.5 Å². The van der Waals surface area contributed by atoms with Crippen molar-refractivity contribution >= 4 is 34.7 Å². The van der Waals surface area contributed by atoms with Gasteiger partial charge in [0.15, 0.2) is 11.6 Å². The number of carbonyl (C=O) groups is 1. The van der Waals surface area contributed by atoms with E-state index in [0.717, 1.165) is 25.5 Å². The predicted molar refractivity (Wildman–Crippen MR) is 145 cm³/mol. The van der Waals surface area contributed by atoms with E-state index >= 15 is 0 Å². The molecule has 2 aliphatic rings. The first-order chi connectivity index (χ1) is 18.4. The van der Waals surface area contributed by atoms with Gasteiger partial charge >= 0.3 is 0 Å². The number of rotatable bonds is 9. The van der Waals surface area contributed by atoms with Gasteiger partial charge in [0.25, 0.3) is 0 Å². The molecule has 3 atom stereocenters. The Balaban J connectivity index is 1.20. The Kier molecular flexibility index (Phi) is 7.69. The zero-order chi connectivity index (χ0) is 26.5. The summed E-state index contributed by atoms with van der Waals surface area (Å²) in [5.41, 5.74) is 8.36. The summed E-state index contributed by atoms with van der Waals surface area (Å²) in [6.07, 6.45) is 10.1. The molecule has 3 unspecified atom stereocenters. The summed E-state index contributed by atoms with van der Waals surface area (Å²) >= 11 is 0. The largest absolute Gasteiger partial charge is 0.477 e. The molecule has 2 bridgehead atoms. The maximum Gasteiger partial charge on any atom is 0.229 e. The quantitative estimate of drug-likeness (QED) is 0.291. The highest BCUT2D eigenvalue weighted by atomic mass is 19.1. The van der Waals surface area contributed by atoms with Crippen LogP contribution in [0.15, 0.2) is 48.8 Å². The number of nitrogens with zero attached hydrogens (tertiary/aromatic N) is 3. The van der Waals surface area contributed by atoms with Crippen LogP contribution in [0.25, 0.3) is 0 Å². The minimum absolute atomic E-state index is 0.00613. The van der Waals surface area contributed by atoms with Crippen LogP contribution < -0.4 is 26.4 Å². The monoisotopic (exact) mass is 519 g/mol. The first-order valence-corrected chi connectivity index (χ1v) is 13.2. The average molecular weight is 520 g/mol. The zero-order valence-electron chi connectivity index (χ0n) is 21.5. The number of pyridine rings is 1. The number of carbonyl (C=O) groups excluding carboxylic acids is 1. The average Bonchev–Trinajstić information content (AvgIpc) is 2.93. The fourth-order valence-corrected chi connectivity index (χ4v) is 5.48. The lowest BCUT2D eigenvalue weighted by Crippen LogP contribution is -2.46. The number of hydrogen-bond acceptors (Lipinski definition) is 8. The number of hydrogen-bond donors (Lipinski definition) is 4. The van der Waals surface area contributed by atoms with Crippen LogP contribution in [0.5, 0.6) is 5.88 Å². The molecule has 38 heavy (non-hydrogen) atoms. The van der Waals surface area contributed by atoms with E-state index in [0.29, 0.717) is 47.9 Å². The van der Waals surface area contributed by atoms with Crippen LogP contribution >= 0.6 is 0 Å². The molecule has 2 aliphatic carbocycles. The summed E-state index contributed by atoms with van der Waals surface area (Å²) in [7, 11) is 0. The fraction of sp³-hybridized carbons (Fsp3) is 0.429. The van der Waals surface area contributed by atoms with Crippen LogP contribution in [0.2, 0.25) is 0 Å². The number of aromatic nitrogens is 3. The van der Waals surface area contributed by atoms with E-state index in [9.17, 15) is 9.18 Å². The van der Waals surface area contributed by atoms with Gasteiger partial charge in [0.05, 0.1) is 24.7 Å². The van der Waals surface area contributed by atoms with Crippen molar-refractivity contribution in [3.8, 4) is 5.88 Å². The first-order valence-electron chi connectivity index (χ1n) is 13.2. The first kappa shape index (κ1) is 25.8. The highest BCUT2D eigenvalue weighted by Gasteiger charge is 2.43. The minimum atomic E-state index is -0.603. The topological polar surface area (TPSA) is 127 Å². The molecule has 5 rings (SSSR count). The number of nitrogens with two attached hydrogens (primary N) is 1. The Hall–Kier alpha value is -3.79. The molecule has 0 saturated heterocycles. The summed E-state index contributed by atoms with van der Waals surface area (Å²) < 4.78 is 20.5. The number of benzene rings is 1. The van der Waals surface area contributed by atoms with Crippen LogP contribution in [0.3, 0.4) is 0 Å². The molecule has 1 amide bonds. The van der Waals surface area contributed by atoms with E-state index < -0.39 is 5.82 Å². The van der Waals surface area contributed by atoms with Gasteiger partial charge in [0.1, 0.15) is 0 Å². The molecule has 2 fully saturated rings. The highest BCUT2D eigenvalue weighted by Crippen LogP contribution is 2.48. The second-order valence-corrected chi connectivity index (χ2v) is 10.4. The van der Waals surface area contributed by atoms with Gasteiger partial charge in [-0.2, -0.15) is 4.98 Å². The maximum absolute atomic E-state index is 14.4. The SMILES string of the molecule is CCC(=O)Nc1cccc(Nc2nc(Nc3ccc(OCC45CCCC(C4)C(N)CC5)nc3)ncc2F)c1. The number of fused-ring (bicyclic) bond motifs is 2. The molecule has 1 aromatic carbocycles. The van der Waals surface area contributed by atoms with Gasteiger partial charge in [-0.15, -0.1) is 0 Å². The van der Waals surface area contributed by atoms with Gasteiger partial charge in [-0.25, -0.2) is 14.4 Å². The summed E-state index contributed by atoms with van der Waals surface area (Å²) in [6.45, 7) is 2.44. The molecular formula is C28H34FN7O2. The molecule has 0 spiro atoms. The van der Waals surface area contributed by atoms with E-state index in [1.54, 1.807) is 37.4 Å². The summed E-state index contributed by atoms with van der Waals surface area (Å²) in [4.78, 5) is 24.4. The van der Waals surface area contributed by atoms with Crippen molar-refractivity contribution in [1.29, 1.82) is 0 Å². The second kappa shape index (κ2) is 11.3. The minimum Gasteiger partial charge on any atom is -0.477 e. The molecule has 2 aromatic heterocycles. The van der Waals surface area contributed by atoms with Gasteiger partial charge < -0.3 is 26.4 Å². The number of halogens is 1. The summed E-state index contributed by atoms with van der Waals surface area (Å²) in [5.74, 6) is 0.694. The fourth-order valence-electron chi connectivity index (χ4n) is 5.48. The van der Waals surface area contributed by atoms with Crippen LogP contribution in [0, 0.1) is 17.2 Å². The third kappa shape index (κ3) is 6.19. The van der Waals surface area contributed by atoms with E-state index in [2.05, 4.69) is 30.9 Å². The van der Waals surface area contributed by atoms with E-state index in [1.807, 2.05) is 12.1 Å². The predicted octanol–water partition coefficient (Wildman–Crippen LogP) is 5.52. The van der Waals surface area contributed by atoms with Crippen molar-refractivity contribution in [2.45, 2.75) is 57.9 Å². The Morgan fingerprint density at radius 2 is 1.97 bits per heavy atom. The van der Waals surface area contributed by atoms with Gasteiger partial charge in [-0.05, 0) is 62.3 Å². The molecule has 5 N–H and O–H groups in total. The highest BCUT2D eigenvalue weighted by molar-refractivity contribution is 5.91. The van der Waals surface area contributed by atoms with Crippen LogP contribution in [0.4, 0.5) is 33.2 Å². The third-order valence-electron chi connectivity index (χ3n) is 7.58. The molecule has 2 heterocycles. The molecule has 9 nitrogen and oxygen atoms in total. The number of anilines is 5. The molecule has 3 aromatic rings. The Labute approximate surface area is 221 Å². The van der Waals surface area contributed by atoms with Gasteiger partial charge in [0.2, 0.25) is 17.7 Å². The lowest BCUT2D eigenvalue weighted by molar-refractivity contribution is -0.115. The van der Waals surface area contributed by atoms with Crippen LogP contribution in [-0.2, 0) is 4.79 Å². The standard InChI is InChI=1S/C28H34FN7O2/c1-2-24(37)33-19-6-3-7-20(13-19)34-26-22(29)16-32-27(36-26)35-21-8-9-25(31-15-21)38-17-28-11-4-5-18(14-28)23(30)10-12-28/h3,6-9,13,15-16,18,23H,2,4-5,10-12,14,17,30H2,1H3,(H,33,37)(H2,32,34,35,36). The Morgan fingerprint density at radius 3 is 2.79 bits per heavy atom. The van der Waals surface area contributed by atoms with Gasteiger partial charge in [-0.3, -0.25) is 4.79 Å². The van der Waals surface area contributed by atoms with Crippen molar-refractivity contribution in [1.82, 2.24) is 15.0 Å². The van der Waals surface area contributed by atoms with Crippen molar-refractivity contribution in [2.24, 2.45) is 17.1 Å². The molecule has 10 heteroatoms. The normalized spacial score (nSPS) is 22.4. The summed E-state index contributed by atoms with van der Waals surface area (Å²) in [6, 6.07) is 11.0. The van der Waals surface area contributed by atoms with Gasteiger partial charge in [0, 0.05) is 35.3 Å². The van der Waals surface area contributed by atoms with E-state index in [4.69, 9.17) is 10.5 Å². The molecule has 2 saturated carbocycles. The third-order valence-corrected chi connectivity index (χ3v) is 7.58. The van der Waals surface area contributed by atoms with E-state index in [1.165, 1.54) is 19.3 Å². The van der Waals surface area contributed by atoms with Crippen molar-refractivity contribution in [2.75, 3.05) is 22.6 Å². The zero-order valence-corrected chi connectivity index (χ0v) is 21.5. The lowest BCUT2D eigenvalue weighted by Gasteiger charge is -2.47. The van der Waals surface area contributed by atoms with E-state index in [-0.39, 0.29) is 23.1 Å².